The minimum atomic E-state index is -4.60. The highest BCUT2D eigenvalue weighted by atomic mass is 19.4. The van der Waals surface area contributed by atoms with E-state index in [0.717, 1.165) is 10.7 Å². The van der Waals surface area contributed by atoms with Crippen molar-refractivity contribution in [3.05, 3.63) is 71.9 Å². The molecular formula is C17H11F3N2O2. The molecule has 0 unspecified atom stereocenters. The molecular weight excluding hydrogens is 321 g/mol. The van der Waals surface area contributed by atoms with Gasteiger partial charge in [0.1, 0.15) is 0 Å². The van der Waals surface area contributed by atoms with Gasteiger partial charge in [-0.2, -0.15) is 18.3 Å². The van der Waals surface area contributed by atoms with E-state index in [2.05, 4.69) is 5.10 Å². The minimum absolute atomic E-state index is 0.0319. The van der Waals surface area contributed by atoms with Crippen molar-refractivity contribution in [2.75, 3.05) is 0 Å². The molecule has 0 saturated heterocycles. The number of nitrogens with zero attached hydrogens (tertiary/aromatic N) is 2. The number of aromatic nitrogens is 2. The van der Waals surface area contributed by atoms with Gasteiger partial charge in [-0.25, -0.2) is 9.48 Å². The zero-order chi connectivity index (χ0) is 17.3. The van der Waals surface area contributed by atoms with Gasteiger partial charge >= 0.3 is 12.1 Å². The van der Waals surface area contributed by atoms with Gasteiger partial charge in [-0.1, -0.05) is 36.4 Å². The molecule has 1 N–H and O–H groups in total. The Balaban J connectivity index is 2.21. The quantitative estimate of drug-likeness (QED) is 0.780. The molecule has 24 heavy (non-hydrogen) atoms. The molecule has 0 aliphatic carbocycles. The van der Waals surface area contributed by atoms with Crippen LogP contribution in [0.15, 0.2) is 60.7 Å². The number of aromatic carboxylic acids is 1. The number of carboxylic acid groups (broad SMARTS) is 1. The average molecular weight is 332 g/mol. The maximum atomic E-state index is 13.1. The van der Waals surface area contributed by atoms with Crippen LogP contribution in [0.1, 0.15) is 16.1 Å². The van der Waals surface area contributed by atoms with Crippen LogP contribution in [0.2, 0.25) is 0 Å². The first-order chi connectivity index (χ1) is 11.4. The molecule has 7 heteroatoms. The van der Waals surface area contributed by atoms with Crippen LogP contribution >= 0.6 is 0 Å². The number of alkyl halides is 3. The summed E-state index contributed by atoms with van der Waals surface area (Å²) in [6.45, 7) is 0. The molecule has 0 radical (unpaired) electrons. The normalized spacial score (nSPS) is 11.5. The highest BCUT2D eigenvalue weighted by Crippen LogP contribution is 2.33. The monoisotopic (exact) mass is 332 g/mol. The summed E-state index contributed by atoms with van der Waals surface area (Å²) in [4.78, 5) is 11.1. The van der Waals surface area contributed by atoms with Crippen molar-refractivity contribution in [1.82, 2.24) is 9.78 Å². The van der Waals surface area contributed by atoms with Gasteiger partial charge in [0, 0.05) is 5.56 Å². The first kappa shape index (κ1) is 15.8. The van der Waals surface area contributed by atoms with Crippen LogP contribution in [0.5, 0.6) is 0 Å². The minimum Gasteiger partial charge on any atom is -0.478 e. The summed E-state index contributed by atoms with van der Waals surface area (Å²) in [6, 6.07) is 15.0. The van der Waals surface area contributed by atoms with Crippen LogP contribution in [0, 0.1) is 0 Å². The van der Waals surface area contributed by atoms with Gasteiger partial charge in [0.05, 0.1) is 16.9 Å². The predicted octanol–water partition coefficient (Wildman–Crippen LogP) is 4.26. The first-order valence-electron chi connectivity index (χ1n) is 6.92. The summed E-state index contributed by atoms with van der Waals surface area (Å²) >= 11 is 0. The van der Waals surface area contributed by atoms with Crippen LogP contribution in [0.25, 0.3) is 16.9 Å². The van der Waals surface area contributed by atoms with Gasteiger partial charge in [0.15, 0.2) is 5.69 Å². The van der Waals surface area contributed by atoms with E-state index >= 15 is 0 Å². The molecule has 3 rings (SSSR count). The summed E-state index contributed by atoms with van der Waals surface area (Å²) in [7, 11) is 0. The van der Waals surface area contributed by atoms with E-state index in [1.165, 1.54) is 24.3 Å². The second-order valence-corrected chi connectivity index (χ2v) is 5.05. The van der Waals surface area contributed by atoms with Crippen LogP contribution in [-0.4, -0.2) is 20.9 Å². The number of benzene rings is 2. The number of rotatable bonds is 3. The summed E-state index contributed by atoms with van der Waals surface area (Å²) in [6.07, 6.45) is -4.60. The van der Waals surface area contributed by atoms with E-state index in [9.17, 15) is 18.0 Å². The molecule has 0 aliphatic heterocycles. The smallest absolute Gasteiger partial charge is 0.435 e. The second kappa shape index (κ2) is 5.84. The largest absolute Gasteiger partial charge is 0.478 e. The van der Waals surface area contributed by atoms with E-state index in [0.29, 0.717) is 5.56 Å². The predicted molar refractivity (Wildman–Crippen MR) is 81.0 cm³/mol. The van der Waals surface area contributed by atoms with Crippen molar-refractivity contribution in [3.63, 3.8) is 0 Å². The topological polar surface area (TPSA) is 55.1 Å². The molecule has 0 fully saturated rings. The lowest BCUT2D eigenvalue weighted by Gasteiger charge is -2.08. The van der Waals surface area contributed by atoms with Gasteiger partial charge in [-0.05, 0) is 24.3 Å². The fourth-order valence-electron chi connectivity index (χ4n) is 2.30. The number of carbonyl (C=O) groups is 1. The fourth-order valence-corrected chi connectivity index (χ4v) is 2.30. The SMILES string of the molecule is O=C(O)c1cccc(-n2nc(C(F)(F)F)cc2-c2ccccc2)c1. The van der Waals surface area contributed by atoms with E-state index in [-0.39, 0.29) is 16.9 Å². The van der Waals surface area contributed by atoms with Gasteiger partial charge < -0.3 is 5.11 Å². The van der Waals surface area contributed by atoms with Gasteiger partial charge in [-0.3, -0.25) is 0 Å². The van der Waals surface area contributed by atoms with E-state index in [1.807, 2.05) is 0 Å². The van der Waals surface area contributed by atoms with Crippen molar-refractivity contribution in [1.29, 1.82) is 0 Å². The van der Waals surface area contributed by atoms with E-state index in [4.69, 9.17) is 5.11 Å². The Morgan fingerprint density at radius 1 is 1.00 bits per heavy atom. The number of halogens is 3. The Hall–Kier alpha value is -3.09. The maximum absolute atomic E-state index is 13.1. The molecule has 0 spiro atoms. The van der Waals surface area contributed by atoms with Crippen LogP contribution < -0.4 is 0 Å². The zero-order valence-corrected chi connectivity index (χ0v) is 12.2. The molecule has 122 valence electrons. The molecule has 0 saturated carbocycles. The Morgan fingerprint density at radius 2 is 1.71 bits per heavy atom. The number of hydrogen-bond donors (Lipinski definition) is 1. The van der Waals surface area contributed by atoms with Crippen molar-refractivity contribution < 1.29 is 23.1 Å². The molecule has 3 aromatic rings. The molecule has 0 amide bonds. The van der Waals surface area contributed by atoms with Crippen molar-refractivity contribution >= 4 is 5.97 Å². The third-order valence-corrected chi connectivity index (χ3v) is 3.41. The molecule has 0 bridgehead atoms. The fraction of sp³-hybridized carbons (Fsp3) is 0.0588. The van der Waals surface area contributed by atoms with Crippen molar-refractivity contribution in [2.24, 2.45) is 0 Å². The lowest BCUT2D eigenvalue weighted by atomic mass is 10.1. The first-order valence-corrected chi connectivity index (χ1v) is 6.92. The Labute approximate surface area is 134 Å². The lowest BCUT2D eigenvalue weighted by Crippen LogP contribution is -2.08. The van der Waals surface area contributed by atoms with Crippen LogP contribution in [-0.2, 0) is 6.18 Å². The molecule has 1 aromatic heterocycles. The highest BCUT2D eigenvalue weighted by molar-refractivity contribution is 5.88. The third kappa shape index (κ3) is 3.01. The molecule has 0 atom stereocenters. The van der Waals surface area contributed by atoms with Crippen molar-refractivity contribution in [3.8, 4) is 16.9 Å². The van der Waals surface area contributed by atoms with Crippen molar-refractivity contribution in [2.45, 2.75) is 6.18 Å². The maximum Gasteiger partial charge on any atom is 0.435 e. The van der Waals surface area contributed by atoms with E-state index < -0.39 is 17.8 Å². The van der Waals surface area contributed by atoms with Gasteiger partial charge in [-0.15, -0.1) is 0 Å². The van der Waals surface area contributed by atoms with E-state index in [1.54, 1.807) is 30.3 Å². The van der Waals surface area contributed by atoms with Crippen LogP contribution in [0.4, 0.5) is 13.2 Å². The summed E-state index contributed by atoms with van der Waals surface area (Å²) in [5, 5.41) is 12.7. The Bertz CT molecular complexity index is 886. The summed E-state index contributed by atoms with van der Waals surface area (Å²) in [5.41, 5.74) is -0.0615. The van der Waals surface area contributed by atoms with Gasteiger partial charge in [0.2, 0.25) is 0 Å². The average Bonchev–Trinajstić information content (AvgIpc) is 3.01. The second-order valence-electron chi connectivity index (χ2n) is 5.05. The number of hydrogen-bond acceptors (Lipinski definition) is 2. The summed E-state index contributed by atoms with van der Waals surface area (Å²) in [5.74, 6) is -1.17. The molecule has 2 aromatic carbocycles. The summed E-state index contributed by atoms with van der Waals surface area (Å²) < 4.78 is 40.3. The van der Waals surface area contributed by atoms with Gasteiger partial charge in [0.25, 0.3) is 0 Å². The standard InChI is InChI=1S/C17H11F3N2O2/c18-17(19,20)15-10-14(11-5-2-1-3-6-11)22(21-15)13-8-4-7-12(9-13)16(23)24/h1-10H,(H,23,24). The number of carboxylic acids is 1. The molecule has 4 nitrogen and oxygen atoms in total. The zero-order valence-electron chi connectivity index (χ0n) is 12.2. The molecule has 0 aliphatic rings. The highest BCUT2D eigenvalue weighted by Gasteiger charge is 2.35. The van der Waals surface area contributed by atoms with Crippen LogP contribution in [0.3, 0.4) is 0 Å². The lowest BCUT2D eigenvalue weighted by molar-refractivity contribution is -0.141. The Morgan fingerprint density at radius 3 is 2.33 bits per heavy atom. The molecule has 1 heterocycles. The Kier molecular flexibility index (Phi) is 3.84. The third-order valence-electron chi connectivity index (χ3n) is 3.41.